The number of hydrogen-bond donors (Lipinski definition) is 2. The topological polar surface area (TPSA) is 129 Å². The maximum atomic E-state index is 15.6. The lowest BCUT2D eigenvalue weighted by atomic mass is 10.0. The summed E-state index contributed by atoms with van der Waals surface area (Å²) in [5.74, 6) is -0.714. The molecule has 1 unspecified atom stereocenters. The number of Topliss-reactive ketones (excluding diaryl/α,β-unsaturated/α-hetero) is 1. The molecule has 242 valence electrons. The van der Waals surface area contributed by atoms with Crippen molar-refractivity contribution in [3.8, 4) is 34.0 Å². The third kappa shape index (κ3) is 6.72. The summed E-state index contributed by atoms with van der Waals surface area (Å²) in [6.45, 7) is 4.11. The zero-order chi connectivity index (χ0) is 33.1. The molecule has 0 spiro atoms. The van der Waals surface area contributed by atoms with Gasteiger partial charge in [-0.25, -0.2) is 19.0 Å². The second-order valence-electron chi connectivity index (χ2n) is 11.8. The van der Waals surface area contributed by atoms with E-state index >= 15 is 4.39 Å². The van der Waals surface area contributed by atoms with Gasteiger partial charge < -0.3 is 20.5 Å². The number of likely N-dealkylation sites (tertiary alicyclic amines) is 1. The van der Waals surface area contributed by atoms with Crippen molar-refractivity contribution in [2.45, 2.75) is 32.3 Å². The number of rotatable bonds is 11. The van der Waals surface area contributed by atoms with Gasteiger partial charge in [-0.1, -0.05) is 48.5 Å². The molecule has 1 fully saturated rings. The summed E-state index contributed by atoms with van der Waals surface area (Å²) >= 11 is 0. The first-order valence-corrected chi connectivity index (χ1v) is 15.6. The second kappa shape index (κ2) is 13.7. The van der Waals surface area contributed by atoms with Crippen molar-refractivity contribution in [1.82, 2.24) is 24.2 Å². The Morgan fingerprint density at radius 3 is 2.49 bits per heavy atom. The number of β-amino-alcohol motifs (C(OH)–C–C–N with tert-alkyl or cyclic N) is 1. The Balaban J connectivity index is 1.18. The minimum Gasteiger partial charge on any atom is -0.488 e. The van der Waals surface area contributed by atoms with Gasteiger partial charge in [-0.3, -0.25) is 14.3 Å². The number of carbonyl (C=O) groups excluding carboxylic acids is 1. The predicted octanol–water partition coefficient (Wildman–Crippen LogP) is 4.59. The van der Waals surface area contributed by atoms with Crippen molar-refractivity contribution in [1.29, 1.82) is 0 Å². The van der Waals surface area contributed by atoms with Crippen molar-refractivity contribution in [2.24, 2.45) is 7.05 Å². The van der Waals surface area contributed by atoms with Crippen LogP contribution in [-0.4, -0.2) is 67.5 Å². The van der Waals surface area contributed by atoms with E-state index < -0.39 is 11.9 Å². The summed E-state index contributed by atoms with van der Waals surface area (Å²) < 4.78 is 24.4. The molecule has 3 aromatic carbocycles. The molecule has 1 saturated heterocycles. The van der Waals surface area contributed by atoms with Gasteiger partial charge in [0.05, 0.1) is 17.6 Å². The van der Waals surface area contributed by atoms with Crippen LogP contribution in [0.1, 0.15) is 34.5 Å². The largest absolute Gasteiger partial charge is 0.488 e. The number of ketones is 1. The number of para-hydroxylation sites is 1. The van der Waals surface area contributed by atoms with Crippen LogP contribution in [0.2, 0.25) is 0 Å². The van der Waals surface area contributed by atoms with Crippen molar-refractivity contribution in [3.05, 3.63) is 112 Å². The van der Waals surface area contributed by atoms with E-state index in [4.69, 9.17) is 10.5 Å². The number of nitrogen functional groups attached to an aromatic ring is 1. The minimum atomic E-state index is -0.734. The third-order valence-corrected chi connectivity index (χ3v) is 8.56. The average molecular weight is 637 g/mol. The summed E-state index contributed by atoms with van der Waals surface area (Å²) in [7, 11) is 1.75. The monoisotopic (exact) mass is 636 g/mol. The lowest BCUT2D eigenvalue weighted by molar-refractivity contribution is 0.0743. The number of hydrogen-bond acceptors (Lipinski definition) is 8. The summed E-state index contributed by atoms with van der Waals surface area (Å²) in [5.41, 5.74) is 9.39. The van der Waals surface area contributed by atoms with Gasteiger partial charge >= 0.3 is 0 Å². The van der Waals surface area contributed by atoms with E-state index in [1.807, 2.05) is 30.3 Å². The fourth-order valence-electron chi connectivity index (χ4n) is 6.01. The number of aromatic nitrogens is 4. The van der Waals surface area contributed by atoms with Crippen LogP contribution in [-0.2, 0) is 13.5 Å². The highest BCUT2D eigenvalue weighted by Crippen LogP contribution is 2.31. The predicted molar refractivity (Wildman–Crippen MR) is 178 cm³/mol. The normalized spacial score (nSPS) is 14.0. The lowest BCUT2D eigenvalue weighted by Gasteiger charge is -2.20. The molecule has 11 heteroatoms. The molecular formula is C36H37FN6O4. The Bertz CT molecular complexity index is 1950. The zero-order valence-electron chi connectivity index (χ0n) is 26.4. The fraction of sp³-hybridized carbons (Fsp3) is 0.278. The molecule has 0 amide bonds. The number of anilines is 1. The average Bonchev–Trinajstić information content (AvgIpc) is 3.66. The van der Waals surface area contributed by atoms with Crippen LogP contribution in [0.15, 0.2) is 83.8 Å². The van der Waals surface area contributed by atoms with Crippen molar-refractivity contribution in [3.63, 3.8) is 0 Å². The van der Waals surface area contributed by atoms with Gasteiger partial charge in [0, 0.05) is 36.8 Å². The van der Waals surface area contributed by atoms with Crippen LogP contribution in [0.4, 0.5) is 10.2 Å². The van der Waals surface area contributed by atoms with Gasteiger partial charge in [0.15, 0.2) is 17.3 Å². The highest BCUT2D eigenvalue weighted by molar-refractivity contribution is 5.98. The molecule has 47 heavy (non-hydrogen) atoms. The first-order chi connectivity index (χ1) is 22.7. The molecule has 1 aliphatic heterocycles. The summed E-state index contributed by atoms with van der Waals surface area (Å²) in [5, 5.41) is 10.4. The van der Waals surface area contributed by atoms with Crippen molar-refractivity contribution >= 4 is 11.6 Å². The molecule has 3 heterocycles. The van der Waals surface area contributed by atoms with Crippen molar-refractivity contribution < 1.29 is 19.0 Å². The summed E-state index contributed by atoms with van der Waals surface area (Å²) in [6, 6.07) is 21.0. The van der Waals surface area contributed by atoms with Crippen LogP contribution < -0.4 is 16.0 Å². The zero-order valence-corrected chi connectivity index (χ0v) is 26.4. The molecule has 2 aromatic heterocycles. The lowest BCUT2D eigenvalue weighted by Crippen LogP contribution is -2.33. The Kier molecular flexibility index (Phi) is 9.28. The molecular weight excluding hydrogens is 599 g/mol. The maximum Gasteiger partial charge on any atom is 0.282 e. The number of nitrogens with two attached hydrogens (primary N) is 1. The summed E-state index contributed by atoms with van der Waals surface area (Å²) in [6.07, 6.45) is 2.93. The van der Waals surface area contributed by atoms with E-state index in [0.29, 0.717) is 34.7 Å². The standard InChI is InChI=1S/C36H37FN6O4/c1-23-32(36(46)43(41(23)2)26-9-4-3-5-10-26)30(45)19-24-13-15-25(16-14-24)34-35(38)39-20-29(40-34)28-11-8-12-31(33(28)37)47-22-27(44)21-42-17-6-7-18-42/h3-5,8-16,20,27,44H,6-7,17-19,21-22H2,1-2H3,(H2,38,39). The van der Waals surface area contributed by atoms with Gasteiger partial charge in [-0.05, 0) is 62.7 Å². The van der Waals surface area contributed by atoms with E-state index in [1.54, 1.807) is 55.1 Å². The Morgan fingerprint density at radius 1 is 1.04 bits per heavy atom. The number of aliphatic hydroxyl groups excluding tert-OH is 1. The number of ether oxygens (including phenoxy) is 1. The van der Waals surface area contributed by atoms with Crippen LogP contribution in [0.5, 0.6) is 5.75 Å². The number of halogens is 1. The Morgan fingerprint density at radius 2 is 1.77 bits per heavy atom. The molecule has 0 bridgehead atoms. The van der Waals surface area contributed by atoms with E-state index in [9.17, 15) is 14.7 Å². The Labute approximate surface area is 271 Å². The maximum absolute atomic E-state index is 15.6. The highest BCUT2D eigenvalue weighted by Gasteiger charge is 2.23. The van der Waals surface area contributed by atoms with Gasteiger partial charge in [0.2, 0.25) is 0 Å². The molecule has 6 rings (SSSR count). The molecule has 1 atom stereocenters. The van der Waals surface area contributed by atoms with E-state index in [0.717, 1.165) is 25.9 Å². The second-order valence-corrected chi connectivity index (χ2v) is 11.8. The Hall–Kier alpha value is -5.13. The first kappa shape index (κ1) is 31.8. The van der Waals surface area contributed by atoms with E-state index in [1.165, 1.54) is 16.9 Å². The SMILES string of the molecule is Cc1c(C(=O)Cc2ccc(-c3nc(-c4cccc(OCC(O)CN5CCCC5)c4F)cnc3N)cc2)c(=O)n(-c2ccccc2)n1C. The molecule has 0 saturated carbocycles. The van der Waals surface area contributed by atoms with Crippen LogP contribution in [0.25, 0.3) is 28.2 Å². The number of aliphatic hydroxyl groups is 1. The molecule has 0 aliphatic carbocycles. The van der Waals surface area contributed by atoms with Crippen LogP contribution in [0.3, 0.4) is 0 Å². The molecule has 3 N–H and O–H groups in total. The van der Waals surface area contributed by atoms with Gasteiger partial charge in [-0.15, -0.1) is 0 Å². The van der Waals surface area contributed by atoms with Gasteiger partial charge in [-0.2, -0.15) is 0 Å². The minimum absolute atomic E-state index is 0.0151. The van der Waals surface area contributed by atoms with E-state index in [2.05, 4.69) is 14.9 Å². The van der Waals surface area contributed by atoms with E-state index in [-0.39, 0.29) is 52.8 Å². The van der Waals surface area contributed by atoms with Crippen molar-refractivity contribution in [2.75, 3.05) is 32.0 Å². The first-order valence-electron chi connectivity index (χ1n) is 15.6. The third-order valence-electron chi connectivity index (χ3n) is 8.56. The van der Waals surface area contributed by atoms with Crippen LogP contribution in [0, 0.1) is 12.7 Å². The smallest absolute Gasteiger partial charge is 0.282 e. The number of carbonyl (C=O) groups is 1. The molecule has 5 aromatic rings. The molecule has 10 nitrogen and oxygen atoms in total. The van der Waals surface area contributed by atoms with Gasteiger partial charge in [0.25, 0.3) is 5.56 Å². The summed E-state index contributed by atoms with van der Waals surface area (Å²) in [4.78, 5) is 37.7. The van der Waals surface area contributed by atoms with Gasteiger partial charge in [0.1, 0.15) is 29.8 Å². The highest BCUT2D eigenvalue weighted by atomic mass is 19.1. The van der Waals surface area contributed by atoms with Crippen LogP contribution >= 0.6 is 0 Å². The molecule has 0 radical (unpaired) electrons. The quantitative estimate of drug-likeness (QED) is 0.202. The fourth-order valence-corrected chi connectivity index (χ4v) is 6.01. The number of nitrogens with zero attached hydrogens (tertiary/aromatic N) is 5. The number of benzene rings is 3. The molecule has 1 aliphatic rings.